The Morgan fingerprint density at radius 2 is 1.88 bits per heavy atom. The van der Waals surface area contributed by atoms with Gasteiger partial charge in [-0.15, -0.1) is 5.10 Å². The van der Waals surface area contributed by atoms with Crippen LogP contribution in [-0.4, -0.2) is 22.1 Å². The summed E-state index contributed by atoms with van der Waals surface area (Å²) in [5.74, 6) is 0.385. The number of aryl methyl sites for hydroxylation is 2. The molecule has 2 aromatic carbocycles. The number of nitriles is 1. The summed E-state index contributed by atoms with van der Waals surface area (Å²) in [6.45, 7) is 4.90. The average molecular weight is 316 g/mol. The molecule has 0 amide bonds. The van der Waals surface area contributed by atoms with Crippen LogP contribution in [0.3, 0.4) is 0 Å². The van der Waals surface area contributed by atoms with Crippen LogP contribution in [0.15, 0.2) is 30.3 Å². The van der Waals surface area contributed by atoms with Crippen molar-refractivity contribution in [1.29, 1.82) is 5.26 Å². The van der Waals surface area contributed by atoms with Gasteiger partial charge in [0.2, 0.25) is 0 Å². The van der Waals surface area contributed by atoms with Crippen molar-refractivity contribution in [2.24, 2.45) is 0 Å². The Balaban J connectivity index is 2.29. The second kappa shape index (κ2) is 5.95. The van der Waals surface area contributed by atoms with E-state index in [2.05, 4.69) is 16.3 Å². The largest absolute Gasteiger partial charge is 0.446 e. The lowest BCUT2D eigenvalue weighted by molar-refractivity contribution is 0.593. The Morgan fingerprint density at radius 1 is 1.12 bits per heavy atom. The number of nitrogens with two attached hydrogens (primary N) is 1. The molecule has 6 heteroatoms. The molecule has 0 aliphatic rings. The maximum atomic E-state index is 9.97. The maximum absolute atomic E-state index is 9.97. The van der Waals surface area contributed by atoms with Gasteiger partial charge in [-0.3, -0.25) is 0 Å². The van der Waals surface area contributed by atoms with E-state index in [1.165, 1.54) is 0 Å². The van der Waals surface area contributed by atoms with Gasteiger partial charge in [0, 0.05) is 10.8 Å². The SMILES string of the molecule is CB(O)c1cc(-c2ccc3c(N)nnc(C)c3c2)c(C#N)cc1C. The molecule has 0 saturated carbocycles. The summed E-state index contributed by atoms with van der Waals surface area (Å²) in [5, 5.41) is 29.2. The summed E-state index contributed by atoms with van der Waals surface area (Å²) in [5.41, 5.74) is 10.6. The highest BCUT2D eigenvalue weighted by atomic mass is 16.2. The van der Waals surface area contributed by atoms with Crippen LogP contribution in [0.25, 0.3) is 21.9 Å². The molecule has 0 bridgehead atoms. The minimum Gasteiger partial charge on any atom is -0.446 e. The second-order valence-electron chi connectivity index (χ2n) is 5.97. The third-order valence-corrected chi connectivity index (χ3v) is 4.28. The normalized spacial score (nSPS) is 10.6. The van der Waals surface area contributed by atoms with Gasteiger partial charge in [-0.25, -0.2) is 0 Å². The molecule has 118 valence electrons. The van der Waals surface area contributed by atoms with Crippen molar-refractivity contribution < 1.29 is 5.02 Å². The third-order valence-electron chi connectivity index (χ3n) is 4.28. The number of hydrogen-bond donors (Lipinski definition) is 2. The summed E-state index contributed by atoms with van der Waals surface area (Å²) in [7, 11) is 0. The molecular weight excluding hydrogens is 299 g/mol. The third kappa shape index (κ3) is 2.59. The van der Waals surface area contributed by atoms with Crippen molar-refractivity contribution in [3.05, 3.63) is 47.2 Å². The van der Waals surface area contributed by atoms with E-state index in [4.69, 9.17) is 5.73 Å². The number of aromatic nitrogens is 2. The van der Waals surface area contributed by atoms with Crippen LogP contribution in [0.1, 0.15) is 16.8 Å². The number of fused-ring (bicyclic) bond motifs is 1. The summed E-state index contributed by atoms with van der Waals surface area (Å²) in [6.07, 6.45) is 0. The van der Waals surface area contributed by atoms with Crippen molar-refractivity contribution >= 4 is 29.0 Å². The van der Waals surface area contributed by atoms with Crippen LogP contribution in [0.5, 0.6) is 0 Å². The van der Waals surface area contributed by atoms with Crippen molar-refractivity contribution in [3.63, 3.8) is 0 Å². The molecule has 0 unspecified atom stereocenters. The zero-order valence-electron chi connectivity index (χ0n) is 13.8. The lowest BCUT2D eigenvalue weighted by atomic mass is 9.62. The zero-order chi connectivity index (χ0) is 17.4. The van der Waals surface area contributed by atoms with Gasteiger partial charge < -0.3 is 10.8 Å². The number of rotatable bonds is 2. The smallest absolute Gasteiger partial charge is 0.320 e. The minimum absolute atomic E-state index is 0.385. The fourth-order valence-corrected chi connectivity index (χ4v) is 2.98. The van der Waals surface area contributed by atoms with E-state index in [0.717, 1.165) is 38.6 Å². The molecule has 24 heavy (non-hydrogen) atoms. The van der Waals surface area contributed by atoms with Gasteiger partial charge >= 0.3 is 6.92 Å². The van der Waals surface area contributed by atoms with Gasteiger partial charge in [0.1, 0.15) is 0 Å². The molecule has 5 nitrogen and oxygen atoms in total. The Bertz CT molecular complexity index is 992. The topological polar surface area (TPSA) is 95.8 Å². The monoisotopic (exact) mass is 316 g/mol. The highest BCUT2D eigenvalue weighted by molar-refractivity contribution is 6.65. The van der Waals surface area contributed by atoms with Gasteiger partial charge in [-0.2, -0.15) is 10.4 Å². The fraction of sp³-hybridized carbons (Fsp3) is 0.167. The number of benzene rings is 2. The van der Waals surface area contributed by atoms with Crippen LogP contribution < -0.4 is 11.2 Å². The van der Waals surface area contributed by atoms with Crippen molar-refractivity contribution in [3.8, 4) is 17.2 Å². The molecule has 0 aliphatic heterocycles. The van der Waals surface area contributed by atoms with E-state index in [0.29, 0.717) is 11.4 Å². The van der Waals surface area contributed by atoms with Crippen molar-refractivity contribution in [2.45, 2.75) is 20.7 Å². The highest BCUT2D eigenvalue weighted by Crippen LogP contribution is 2.29. The lowest BCUT2D eigenvalue weighted by Crippen LogP contribution is -2.29. The molecule has 0 spiro atoms. The zero-order valence-corrected chi connectivity index (χ0v) is 13.8. The standard InChI is InChI=1S/C18H17BN4O/c1-10-6-13(9-20)16(8-17(10)19(3)24)12-4-5-14-15(7-12)11(2)22-23-18(14)21/h4-8,24H,1-3H3,(H2,21,23). The quantitative estimate of drug-likeness (QED) is 0.707. The van der Waals surface area contributed by atoms with Gasteiger partial charge in [0.15, 0.2) is 5.82 Å². The van der Waals surface area contributed by atoms with Crippen LogP contribution in [0.2, 0.25) is 6.82 Å². The Morgan fingerprint density at radius 3 is 2.54 bits per heavy atom. The molecule has 0 atom stereocenters. The van der Waals surface area contributed by atoms with E-state index in [9.17, 15) is 10.3 Å². The molecule has 1 heterocycles. The van der Waals surface area contributed by atoms with E-state index < -0.39 is 6.92 Å². The summed E-state index contributed by atoms with van der Waals surface area (Å²) >= 11 is 0. The van der Waals surface area contributed by atoms with Crippen LogP contribution in [0, 0.1) is 25.2 Å². The summed E-state index contributed by atoms with van der Waals surface area (Å²) < 4.78 is 0. The summed E-state index contributed by atoms with van der Waals surface area (Å²) in [6, 6.07) is 11.7. The van der Waals surface area contributed by atoms with Crippen molar-refractivity contribution in [1.82, 2.24) is 10.2 Å². The molecular formula is C18H17BN4O. The van der Waals surface area contributed by atoms with E-state index in [1.54, 1.807) is 6.82 Å². The Labute approximate surface area is 140 Å². The number of nitrogen functional groups attached to an aromatic ring is 1. The molecule has 3 aromatic rings. The lowest BCUT2D eigenvalue weighted by Gasteiger charge is -2.13. The molecule has 3 N–H and O–H groups in total. The molecule has 0 radical (unpaired) electrons. The number of hydrogen-bond acceptors (Lipinski definition) is 5. The molecule has 0 aliphatic carbocycles. The van der Waals surface area contributed by atoms with Gasteiger partial charge in [-0.05, 0) is 48.6 Å². The van der Waals surface area contributed by atoms with Gasteiger partial charge in [0.05, 0.1) is 17.3 Å². The fourth-order valence-electron chi connectivity index (χ4n) is 2.98. The maximum Gasteiger partial charge on any atom is 0.320 e. The second-order valence-corrected chi connectivity index (χ2v) is 5.97. The Kier molecular flexibility index (Phi) is 3.96. The molecule has 1 aromatic heterocycles. The average Bonchev–Trinajstić information content (AvgIpc) is 2.57. The first-order valence-electron chi connectivity index (χ1n) is 7.68. The minimum atomic E-state index is -0.597. The van der Waals surface area contributed by atoms with Gasteiger partial charge in [0.25, 0.3) is 0 Å². The predicted octanol–water partition coefficient (Wildman–Crippen LogP) is 2.19. The van der Waals surface area contributed by atoms with Crippen LogP contribution in [0.4, 0.5) is 5.82 Å². The first-order valence-corrected chi connectivity index (χ1v) is 7.68. The summed E-state index contributed by atoms with van der Waals surface area (Å²) in [4.78, 5) is 0. The van der Waals surface area contributed by atoms with Crippen LogP contribution >= 0.6 is 0 Å². The van der Waals surface area contributed by atoms with E-state index in [-0.39, 0.29) is 0 Å². The van der Waals surface area contributed by atoms with E-state index >= 15 is 0 Å². The molecule has 0 fully saturated rings. The molecule has 0 saturated heterocycles. The van der Waals surface area contributed by atoms with E-state index in [1.807, 2.05) is 44.2 Å². The Hall–Kier alpha value is -2.91. The van der Waals surface area contributed by atoms with Crippen molar-refractivity contribution in [2.75, 3.05) is 5.73 Å². The van der Waals surface area contributed by atoms with Gasteiger partial charge in [-0.1, -0.05) is 24.5 Å². The predicted molar refractivity (Wildman–Crippen MR) is 97.0 cm³/mol. The highest BCUT2D eigenvalue weighted by Gasteiger charge is 2.16. The number of nitrogens with zero attached hydrogens (tertiary/aromatic N) is 3. The number of anilines is 1. The van der Waals surface area contributed by atoms with Crippen LogP contribution in [-0.2, 0) is 0 Å². The molecule has 3 rings (SSSR count). The first kappa shape index (κ1) is 16.0. The first-order chi connectivity index (χ1) is 11.4.